The number of nitrogens with zero attached hydrogens (tertiary/aromatic N) is 1. The van der Waals surface area contributed by atoms with E-state index in [-0.39, 0.29) is 5.92 Å². The monoisotopic (exact) mass is 295 g/mol. The first-order valence-electron chi connectivity index (χ1n) is 6.88. The van der Waals surface area contributed by atoms with Crippen molar-refractivity contribution < 1.29 is 4.79 Å². The molecule has 1 amide bonds. The number of benzene rings is 1. The number of carbonyl (C=O) groups is 1. The first kappa shape index (κ1) is 13.3. The summed E-state index contributed by atoms with van der Waals surface area (Å²) in [5.74, 6) is 3.21. The highest BCUT2D eigenvalue weighted by atomic mass is 35.5. The van der Waals surface area contributed by atoms with E-state index in [1.165, 1.54) is 11.3 Å². The van der Waals surface area contributed by atoms with Gasteiger partial charge in [0.1, 0.15) is 0 Å². The Morgan fingerprint density at radius 1 is 1.32 bits per heavy atom. The molecule has 1 heterocycles. The highest BCUT2D eigenvalue weighted by molar-refractivity contribution is 7.99. The smallest absolute Gasteiger partial charge is 0.226 e. The summed E-state index contributed by atoms with van der Waals surface area (Å²) >= 11 is 7.97. The first-order chi connectivity index (χ1) is 9.25. The van der Waals surface area contributed by atoms with Crippen molar-refractivity contribution in [3.8, 4) is 0 Å². The normalized spacial score (nSPS) is 26.9. The van der Waals surface area contributed by atoms with E-state index in [4.69, 9.17) is 11.6 Å². The molecule has 1 saturated carbocycles. The number of carbonyl (C=O) groups excluding carboxylic acids is 1. The number of rotatable bonds is 2. The zero-order valence-electron chi connectivity index (χ0n) is 10.8. The summed E-state index contributed by atoms with van der Waals surface area (Å²) < 4.78 is 0. The number of thioether (sulfide) groups is 1. The van der Waals surface area contributed by atoms with Crippen LogP contribution in [0.25, 0.3) is 0 Å². The molecule has 1 aliphatic heterocycles. The molecule has 2 aliphatic rings. The van der Waals surface area contributed by atoms with E-state index in [2.05, 4.69) is 11.0 Å². The third-order valence-corrected chi connectivity index (χ3v) is 5.20. The number of halogens is 1. The lowest BCUT2D eigenvalue weighted by molar-refractivity contribution is -0.132. The van der Waals surface area contributed by atoms with Crippen LogP contribution in [0.3, 0.4) is 0 Å². The SMILES string of the molecule is O=C([C@@H]1C[C@H]1c1cccc(Cl)c1)N1CCCSCC1. The van der Waals surface area contributed by atoms with Gasteiger partial charge in [0.15, 0.2) is 0 Å². The summed E-state index contributed by atoms with van der Waals surface area (Å²) in [6.45, 7) is 1.85. The second-order valence-electron chi connectivity index (χ2n) is 5.29. The van der Waals surface area contributed by atoms with Crippen molar-refractivity contribution >= 4 is 29.3 Å². The fourth-order valence-corrected chi connectivity index (χ4v) is 3.86. The summed E-state index contributed by atoms with van der Waals surface area (Å²) in [6.07, 6.45) is 2.12. The van der Waals surface area contributed by atoms with Crippen LogP contribution < -0.4 is 0 Å². The molecular formula is C15H18ClNOS. The van der Waals surface area contributed by atoms with Crippen molar-refractivity contribution in [1.82, 2.24) is 4.90 Å². The van der Waals surface area contributed by atoms with Crippen molar-refractivity contribution in [1.29, 1.82) is 0 Å². The van der Waals surface area contributed by atoms with E-state index >= 15 is 0 Å². The minimum absolute atomic E-state index is 0.196. The standard InChI is InChI=1S/C15H18ClNOS/c16-12-4-1-3-11(9-12)13-10-14(13)15(18)17-5-2-7-19-8-6-17/h1,3-4,9,13-14H,2,5-8,10H2/t13-,14+/m0/s1. The molecule has 3 rings (SSSR count). The molecule has 19 heavy (non-hydrogen) atoms. The van der Waals surface area contributed by atoms with Gasteiger partial charge in [-0.25, -0.2) is 0 Å². The van der Waals surface area contributed by atoms with Gasteiger partial charge in [0.25, 0.3) is 0 Å². The van der Waals surface area contributed by atoms with Crippen molar-refractivity contribution in [2.75, 3.05) is 24.6 Å². The van der Waals surface area contributed by atoms with E-state index in [1.54, 1.807) is 0 Å². The predicted octanol–water partition coefficient (Wildman–Crippen LogP) is 3.41. The molecule has 0 spiro atoms. The van der Waals surface area contributed by atoms with Gasteiger partial charge in [-0.3, -0.25) is 4.79 Å². The molecule has 1 saturated heterocycles. The minimum Gasteiger partial charge on any atom is -0.342 e. The van der Waals surface area contributed by atoms with Crippen LogP contribution in [-0.4, -0.2) is 35.4 Å². The molecule has 0 N–H and O–H groups in total. The van der Waals surface area contributed by atoms with E-state index < -0.39 is 0 Å². The van der Waals surface area contributed by atoms with E-state index in [0.717, 1.165) is 36.7 Å². The quantitative estimate of drug-likeness (QED) is 0.833. The van der Waals surface area contributed by atoms with Crippen LogP contribution in [0.1, 0.15) is 24.3 Å². The van der Waals surface area contributed by atoms with Crippen molar-refractivity contribution in [3.63, 3.8) is 0 Å². The zero-order valence-corrected chi connectivity index (χ0v) is 12.4. The Bertz CT molecular complexity index is 471. The lowest BCUT2D eigenvalue weighted by Gasteiger charge is -2.20. The molecule has 2 nitrogen and oxygen atoms in total. The number of hydrogen-bond donors (Lipinski definition) is 0. The number of hydrogen-bond acceptors (Lipinski definition) is 2. The van der Waals surface area contributed by atoms with Gasteiger partial charge < -0.3 is 4.90 Å². The minimum atomic E-state index is 0.196. The lowest BCUT2D eigenvalue weighted by Crippen LogP contribution is -2.34. The Morgan fingerprint density at radius 3 is 3.05 bits per heavy atom. The molecule has 0 bridgehead atoms. The molecule has 1 aliphatic carbocycles. The first-order valence-corrected chi connectivity index (χ1v) is 8.41. The molecule has 2 atom stereocenters. The van der Waals surface area contributed by atoms with Crippen LogP contribution in [-0.2, 0) is 4.79 Å². The van der Waals surface area contributed by atoms with E-state index in [9.17, 15) is 4.79 Å². The molecule has 1 aromatic carbocycles. The third kappa shape index (κ3) is 3.09. The average molecular weight is 296 g/mol. The molecule has 2 fully saturated rings. The van der Waals surface area contributed by atoms with Crippen molar-refractivity contribution in [3.05, 3.63) is 34.9 Å². The maximum Gasteiger partial charge on any atom is 0.226 e. The molecule has 102 valence electrons. The lowest BCUT2D eigenvalue weighted by atomic mass is 10.1. The van der Waals surface area contributed by atoms with Gasteiger partial charge in [-0.15, -0.1) is 0 Å². The van der Waals surface area contributed by atoms with Crippen molar-refractivity contribution in [2.24, 2.45) is 5.92 Å². The largest absolute Gasteiger partial charge is 0.342 e. The van der Waals surface area contributed by atoms with Crippen LogP contribution in [0.5, 0.6) is 0 Å². The van der Waals surface area contributed by atoms with Crippen LogP contribution in [0, 0.1) is 5.92 Å². The Balaban J connectivity index is 1.64. The summed E-state index contributed by atoms with van der Waals surface area (Å²) in [5, 5.41) is 0.766. The van der Waals surface area contributed by atoms with Crippen LogP contribution >= 0.6 is 23.4 Å². The fraction of sp³-hybridized carbons (Fsp3) is 0.533. The molecular weight excluding hydrogens is 278 g/mol. The zero-order chi connectivity index (χ0) is 13.2. The second kappa shape index (κ2) is 5.76. The van der Waals surface area contributed by atoms with E-state index in [0.29, 0.717) is 11.8 Å². The second-order valence-corrected chi connectivity index (χ2v) is 6.96. The van der Waals surface area contributed by atoms with Crippen LogP contribution in [0.4, 0.5) is 0 Å². The van der Waals surface area contributed by atoms with Gasteiger partial charge in [0, 0.05) is 29.8 Å². The summed E-state index contributed by atoms with van der Waals surface area (Å²) in [5.41, 5.74) is 1.22. The summed E-state index contributed by atoms with van der Waals surface area (Å²) in [6, 6.07) is 7.94. The maximum absolute atomic E-state index is 12.5. The highest BCUT2D eigenvalue weighted by Gasteiger charge is 2.45. The molecule has 0 radical (unpaired) electrons. The molecule has 4 heteroatoms. The van der Waals surface area contributed by atoms with Gasteiger partial charge in [0.2, 0.25) is 5.91 Å². The van der Waals surface area contributed by atoms with Crippen molar-refractivity contribution in [2.45, 2.75) is 18.8 Å². The average Bonchev–Trinajstić information content (AvgIpc) is 3.22. The molecule has 1 aromatic rings. The topological polar surface area (TPSA) is 20.3 Å². The predicted molar refractivity (Wildman–Crippen MR) is 80.8 cm³/mol. The van der Waals surface area contributed by atoms with Gasteiger partial charge in [-0.05, 0) is 42.2 Å². The van der Waals surface area contributed by atoms with Gasteiger partial charge in [-0.1, -0.05) is 23.7 Å². The van der Waals surface area contributed by atoms with Crippen LogP contribution in [0.2, 0.25) is 5.02 Å². The Labute approximate surface area is 123 Å². The Hall–Kier alpha value is -0.670. The highest BCUT2D eigenvalue weighted by Crippen LogP contribution is 2.48. The van der Waals surface area contributed by atoms with Crippen LogP contribution in [0.15, 0.2) is 24.3 Å². The summed E-state index contributed by atoms with van der Waals surface area (Å²) in [4.78, 5) is 14.5. The summed E-state index contributed by atoms with van der Waals surface area (Å²) in [7, 11) is 0. The Kier molecular flexibility index (Phi) is 4.04. The third-order valence-electron chi connectivity index (χ3n) is 3.92. The molecule has 0 aromatic heterocycles. The maximum atomic E-state index is 12.5. The van der Waals surface area contributed by atoms with E-state index in [1.807, 2.05) is 30.0 Å². The molecule has 0 unspecified atom stereocenters. The van der Waals surface area contributed by atoms with Gasteiger partial charge >= 0.3 is 0 Å². The van der Waals surface area contributed by atoms with Gasteiger partial charge in [0.05, 0.1) is 0 Å². The van der Waals surface area contributed by atoms with Gasteiger partial charge in [-0.2, -0.15) is 11.8 Å². The Morgan fingerprint density at radius 2 is 2.21 bits per heavy atom. The number of amides is 1. The fourth-order valence-electron chi connectivity index (χ4n) is 2.77.